The number of morpholine rings is 1. The van der Waals surface area contributed by atoms with Crippen molar-refractivity contribution in [3.63, 3.8) is 0 Å². The molecule has 12 nitrogen and oxygen atoms in total. The Balaban J connectivity index is 1.19. The molecule has 5 rings (SSSR count). The van der Waals surface area contributed by atoms with Gasteiger partial charge in [0.2, 0.25) is 0 Å². The zero-order valence-electron chi connectivity index (χ0n) is 27.2. The first-order chi connectivity index (χ1) is 22.7. The summed E-state index contributed by atoms with van der Waals surface area (Å²) in [4.78, 5) is 45.9. The van der Waals surface area contributed by atoms with Gasteiger partial charge in [-0.2, -0.15) is 0 Å². The molecule has 0 atom stereocenters. The average molecular weight is 640 g/mol. The lowest BCUT2D eigenvalue weighted by Gasteiger charge is -2.26. The van der Waals surface area contributed by atoms with Crippen LogP contribution in [0.1, 0.15) is 62.5 Å². The molecule has 0 saturated carbocycles. The molecule has 0 bridgehead atoms. The first kappa shape index (κ1) is 33.2. The standard InChI is InChI=1S/C35H41N7O5/c1-24(2)42-23-29(38-33(43)26-8-10-27(37-21-26)9-5-25-6-11-30(46-4)12-7-25)20-32(42)35(45)39-28-19-31(40(3)22-28)34(44)36-13-14-41-15-17-47-18-16-41/h5-12,19-24H,13-18H2,1-4H3,(H,36,44)(H,38,43)(H,39,45)/b9-5+. The van der Waals surface area contributed by atoms with E-state index >= 15 is 0 Å². The number of ether oxygens (including phenoxy) is 2. The van der Waals surface area contributed by atoms with Crippen LogP contribution >= 0.6 is 0 Å². The van der Waals surface area contributed by atoms with Crippen molar-refractivity contribution in [2.24, 2.45) is 7.05 Å². The molecule has 3 aromatic heterocycles. The number of aromatic nitrogens is 3. The van der Waals surface area contributed by atoms with Gasteiger partial charge in [-0.05, 0) is 61.9 Å². The van der Waals surface area contributed by atoms with Gasteiger partial charge in [-0.1, -0.05) is 18.2 Å². The Morgan fingerprint density at radius 2 is 1.62 bits per heavy atom. The number of hydrogen-bond donors (Lipinski definition) is 3. The number of amides is 3. The number of aryl methyl sites for hydroxylation is 1. The Morgan fingerprint density at radius 3 is 2.30 bits per heavy atom. The van der Waals surface area contributed by atoms with Crippen molar-refractivity contribution in [2.45, 2.75) is 19.9 Å². The topological polar surface area (TPSA) is 132 Å². The van der Waals surface area contributed by atoms with Gasteiger partial charge in [-0.15, -0.1) is 0 Å². The molecule has 47 heavy (non-hydrogen) atoms. The maximum atomic E-state index is 13.4. The molecule has 1 fully saturated rings. The Bertz CT molecular complexity index is 1720. The maximum absolute atomic E-state index is 13.4. The van der Waals surface area contributed by atoms with E-state index in [4.69, 9.17) is 9.47 Å². The van der Waals surface area contributed by atoms with Gasteiger partial charge in [0, 0.05) is 57.9 Å². The number of carbonyl (C=O) groups excluding carboxylic acids is 3. The van der Waals surface area contributed by atoms with E-state index in [0.29, 0.717) is 53.8 Å². The summed E-state index contributed by atoms with van der Waals surface area (Å²) in [5.74, 6) is -0.135. The van der Waals surface area contributed by atoms with E-state index in [2.05, 4.69) is 25.8 Å². The summed E-state index contributed by atoms with van der Waals surface area (Å²) >= 11 is 0. The molecular weight excluding hydrogens is 598 g/mol. The predicted octanol–water partition coefficient (Wildman–Crippen LogP) is 4.55. The summed E-state index contributed by atoms with van der Waals surface area (Å²) in [5, 5.41) is 8.72. The number of benzene rings is 1. The number of nitrogens with zero attached hydrogens (tertiary/aromatic N) is 4. The number of pyridine rings is 1. The second-order valence-electron chi connectivity index (χ2n) is 11.5. The van der Waals surface area contributed by atoms with E-state index in [1.165, 1.54) is 6.20 Å². The van der Waals surface area contributed by atoms with Gasteiger partial charge >= 0.3 is 0 Å². The normalized spacial score (nSPS) is 13.6. The number of methoxy groups -OCH3 is 1. The highest BCUT2D eigenvalue weighted by atomic mass is 16.5. The van der Waals surface area contributed by atoms with E-state index < -0.39 is 0 Å². The van der Waals surface area contributed by atoms with Gasteiger partial charge in [0.1, 0.15) is 17.1 Å². The molecule has 0 aliphatic carbocycles. The molecule has 1 aliphatic rings. The molecule has 0 unspecified atom stereocenters. The maximum Gasteiger partial charge on any atom is 0.272 e. The summed E-state index contributed by atoms with van der Waals surface area (Å²) in [5.41, 5.74) is 3.86. The smallest absolute Gasteiger partial charge is 0.272 e. The number of anilines is 2. The summed E-state index contributed by atoms with van der Waals surface area (Å²) in [6.45, 7) is 8.29. The van der Waals surface area contributed by atoms with Crippen LogP contribution in [0.15, 0.2) is 67.1 Å². The van der Waals surface area contributed by atoms with Crippen LogP contribution in [0, 0.1) is 0 Å². The van der Waals surface area contributed by atoms with Gasteiger partial charge in [0.05, 0.1) is 43.0 Å². The van der Waals surface area contributed by atoms with Crippen molar-refractivity contribution >= 4 is 41.2 Å². The van der Waals surface area contributed by atoms with E-state index in [1.807, 2.05) is 50.3 Å². The third-order valence-corrected chi connectivity index (χ3v) is 7.82. The zero-order chi connectivity index (χ0) is 33.3. The van der Waals surface area contributed by atoms with E-state index in [9.17, 15) is 14.4 Å². The van der Waals surface area contributed by atoms with Crippen LogP contribution in [-0.4, -0.2) is 83.2 Å². The van der Waals surface area contributed by atoms with E-state index in [-0.39, 0.29) is 23.8 Å². The monoisotopic (exact) mass is 639 g/mol. The molecule has 246 valence electrons. The Morgan fingerprint density at radius 1 is 0.915 bits per heavy atom. The first-order valence-electron chi connectivity index (χ1n) is 15.6. The van der Waals surface area contributed by atoms with Crippen molar-refractivity contribution in [2.75, 3.05) is 57.1 Å². The van der Waals surface area contributed by atoms with Crippen LogP contribution in [0.2, 0.25) is 0 Å². The largest absolute Gasteiger partial charge is 0.497 e. The number of rotatable bonds is 12. The summed E-state index contributed by atoms with van der Waals surface area (Å²) in [7, 11) is 3.39. The highest BCUT2D eigenvalue weighted by Crippen LogP contribution is 2.22. The minimum Gasteiger partial charge on any atom is -0.497 e. The molecule has 12 heteroatoms. The molecule has 0 radical (unpaired) electrons. The Labute approximate surface area is 274 Å². The van der Waals surface area contributed by atoms with Gasteiger partial charge in [0.15, 0.2) is 0 Å². The lowest BCUT2D eigenvalue weighted by Crippen LogP contribution is -2.41. The summed E-state index contributed by atoms with van der Waals surface area (Å²) < 4.78 is 14.0. The fourth-order valence-electron chi connectivity index (χ4n) is 5.19. The SMILES string of the molecule is COc1ccc(/C=C/c2ccc(C(=O)Nc3cc(C(=O)Nc4cc(C(=O)NCCN5CCOCC5)n(C)c4)n(C(C)C)c3)cn2)cc1. The molecule has 1 aromatic carbocycles. The molecule has 4 aromatic rings. The van der Waals surface area contributed by atoms with Crippen LogP contribution in [0.3, 0.4) is 0 Å². The lowest BCUT2D eigenvalue weighted by atomic mass is 10.1. The average Bonchev–Trinajstić information content (AvgIpc) is 3.68. The van der Waals surface area contributed by atoms with Crippen molar-refractivity contribution in [1.82, 2.24) is 24.3 Å². The van der Waals surface area contributed by atoms with Gasteiger partial charge in [-0.25, -0.2) is 0 Å². The van der Waals surface area contributed by atoms with E-state index in [1.54, 1.807) is 60.0 Å². The highest BCUT2D eigenvalue weighted by molar-refractivity contribution is 6.07. The second-order valence-corrected chi connectivity index (χ2v) is 11.5. The van der Waals surface area contributed by atoms with E-state index in [0.717, 1.165) is 30.9 Å². The van der Waals surface area contributed by atoms with Gasteiger partial charge in [-0.3, -0.25) is 24.3 Å². The fraction of sp³-hybridized carbons (Fsp3) is 0.314. The quantitative estimate of drug-likeness (QED) is 0.207. The summed E-state index contributed by atoms with van der Waals surface area (Å²) in [6.07, 6.45) is 8.74. The number of nitrogens with one attached hydrogen (secondary N) is 3. The minimum absolute atomic E-state index is 0.0524. The zero-order valence-corrected chi connectivity index (χ0v) is 27.2. The molecule has 3 amide bonds. The van der Waals surface area contributed by atoms with Crippen molar-refractivity contribution in [1.29, 1.82) is 0 Å². The Hall–Kier alpha value is -5.20. The van der Waals surface area contributed by atoms with Gasteiger partial charge in [0.25, 0.3) is 17.7 Å². The second kappa shape index (κ2) is 15.4. The van der Waals surface area contributed by atoms with Crippen molar-refractivity contribution in [3.05, 3.63) is 95.3 Å². The number of carbonyl (C=O) groups is 3. The highest BCUT2D eigenvalue weighted by Gasteiger charge is 2.20. The molecule has 3 N–H and O–H groups in total. The number of hydrogen-bond acceptors (Lipinski definition) is 7. The Kier molecular flexibility index (Phi) is 10.9. The van der Waals surface area contributed by atoms with Crippen LogP contribution < -0.4 is 20.7 Å². The van der Waals surface area contributed by atoms with Crippen molar-refractivity contribution in [3.8, 4) is 5.75 Å². The lowest BCUT2D eigenvalue weighted by molar-refractivity contribution is 0.0383. The van der Waals surface area contributed by atoms with Crippen LogP contribution in [0.25, 0.3) is 12.2 Å². The van der Waals surface area contributed by atoms with Crippen LogP contribution in [-0.2, 0) is 11.8 Å². The van der Waals surface area contributed by atoms with Gasteiger partial charge < -0.3 is 34.6 Å². The van der Waals surface area contributed by atoms with Crippen LogP contribution in [0.5, 0.6) is 5.75 Å². The third-order valence-electron chi connectivity index (χ3n) is 7.82. The minimum atomic E-state index is -0.362. The third kappa shape index (κ3) is 8.75. The molecule has 4 heterocycles. The molecule has 0 spiro atoms. The fourth-order valence-corrected chi connectivity index (χ4v) is 5.19. The predicted molar refractivity (Wildman–Crippen MR) is 182 cm³/mol. The van der Waals surface area contributed by atoms with Crippen molar-refractivity contribution < 1.29 is 23.9 Å². The summed E-state index contributed by atoms with van der Waals surface area (Å²) in [6, 6.07) is 14.4. The molecule has 1 aliphatic heterocycles. The first-order valence-corrected chi connectivity index (χ1v) is 15.6. The molecule has 1 saturated heterocycles. The molecular formula is C35H41N7O5. The van der Waals surface area contributed by atoms with Crippen LogP contribution in [0.4, 0.5) is 11.4 Å².